The maximum Gasteiger partial charge on any atom is 0.126 e. The quantitative estimate of drug-likeness (QED) is 0.931. The predicted molar refractivity (Wildman–Crippen MR) is 81.4 cm³/mol. The summed E-state index contributed by atoms with van der Waals surface area (Å²) in [5.41, 5.74) is 7.16. The molecule has 3 atom stereocenters. The van der Waals surface area contributed by atoms with Crippen molar-refractivity contribution in [3.05, 3.63) is 35.6 Å². The van der Waals surface area contributed by atoms with E-state index in [1.807, 2.05) is 23.9 Å². The summed E-state index contributed by atoms with van der Waals surface area (Å²) >= 11 is 1.97. The van der Waals surface area contributed by atoms with Gasteiger partial charge in [-0.05, 0) is 49.0 Å². The molecule has 2 fully saturated rings. The van der Waals surface area contributed by atoms with Crippen molar-refractivity contribution in [1.29, 1.82) is 0 Å². The first kappa shape index (κ1) is 14.4. The van der Waals surface area contributed by atoms with Crippen LogP contribution in [-0.4, -0.2) is 29.8 Å². The van der Waals surface area contributed by atoms with Crippen LogP contribution in [0, 0.1) is 11.7 Å². The molecule has 1 spiro atoms. The molecule has 2 N–H and O–H groups in total. The maximum atomic E-state index is 13.7. The van der Waals surface area contributed by atoms with Gasteiger partial charge >= 0.3 is 0 Å². The minimum absolute atomic E-state index is 0.0262. The van der Waals surface area contributed by atoms with Crippen LogP contribution in [0.3, 0.4) is 0 Å². The van der Waals surface area contributed by atoms with Crippen LogP contribution in [0.25, 0.3) is 0 Å². The minimum Gasteiger partial charge on any atom is -0.374 e. The first-order valence-corrected chi connectivity index (χ1v) is 8.55. The number of thioether (sulfide) groups is 1. The summed E-state index contributed by atoms with van der Waals surface area (Å²) in [6.45, 7) is 0.802. The Balaban J connectivity index is 1.65. The smallest absolute Gasteiger partial charge is 0.126 e. The van der Waals surface area contributed by atoms with E-state index in [1.165, 1.54) is 11.8 Å². The van der Waals surface area contributed by atoms with Crippen molar-refractivity contribution in [2.24, 2.45) is 11.7 Å². The number of nitrogens with two attached hydrogens (primary N) is 1. The number of hydrogen-bond donors (Lipinski definition) is 1. The zero-order valence-corrected chi connectivity index (χ0v) is 12.5. The van der Waals surface area contributed by atoms with Crippen LogP contribution < -0.4 is 5.73 Å². The van der Waals surface area contributed by atoms with Gasteiger partial charge < -0.3 is 10.5 Å². The molecular weight excluding hydrogens is 273 g/mol. The fourth-order valence-electron chi connectivity index (χ4n) is 3.38. The third-order valence-electron chi connectivity index (χ3n) is 4.62. The minimum atomic E-state index is -0.138. The van der Waals surface area contributed by atoms with Gasteiger partial charge in [-0.1, -0.05) is 18.2 Å². The normalized spacial score (nSPS) is 31.6. The monoisotopic (exact) mass is 295 g/mol. The third-order valence-corrected chi connectivity index (χ3v) is 5.84. The van der Waals surface area contributed by atoms with Crippen LogP contribution in [0.2, 0.25) is 0 Å². The number of hydrogen-bond acceptors (Lipinski definition) is 3. The number of ether oxygens (including phenoxy) is 1. The Morgan fingerprint density at radius 1 is 1.45 bits per heavy atom. The summed E-state index contributed by atoms with van der Waals surface area (Å²) < 4.78 is 19.8. The van der Waals surface area contributed by atoms with Gasteiger partial charge in [0.05, 0.1) is 5.60 Å². The van der Waals surface area contributed by atoms with Gasteiger partial charge in [0, 0.05) is 18.4 Å². The molecule has 0 aromatic heterocycles. The molecule has 0 saturated carbocycles. The van der Waals surface area contributed by atoms with Crippen molar-refractivity contribution in [2.45, 2.75) is 37.3 Å². The summed E-state index contributed by atoms with van der Waals surface area (Å²) in [6, 6.07) is 6.99. The molecule has 2 aliphatic heterocycles. The topological polar surface area (TPSA) is 35.2 Å². The summed E-state index contributed by atoms with van der Waals surface area (Å²) in [5.74, 6) is 2.59. The second-order valence-electron chi connectivity index (χ2n) is 6.05. The Labute approximate surface area is 124 Å². The molecule has 2 saturated heterocycles. The predicted octanol–water partition coefficient (Wildman–Crippen LogP) is 3.00. The van der Waals surface area contributed by atoms with Gasteiger partial charge in [0.25, 0.3) is 0 Å². The van der Waals surface area contributed by atoms with E-state index in [9.17, 15) is 4.39 Å². The largest absolute Gasteiger partial charge is 0.374 e. The fourth-order valence-corrected chi connectivity index (χ4v) is 4.76. The highest BCUT2D eigenvalue weighted by atomic mass is 32.2. The lowest BCUT2D eigenvalue weighted by molar-refractivity contribution is -0.0831. The van der Waals surface area contributed by atoms with Crippen LogP contribution in [0.4, 0.5) is 4.39 Å². The molecule has 4 heteroatoms. The van der Waals surface area contributed by atoms with Gasteiger partial charge in [0.15, 0.2) is 0 Å². The maximum absolute atomic E-state index is 13.7. The average molecular weight is 295 g/mol. The standard InChI is InChI=1S/C16H22FNOS/c17-14-4-2-1-3-12(14)9-15(18)13-5-7-19-16(10-13)6-8-20-11-16/h1-4,13,15H,5-11,18H2. The van der Waals surface area contributed by atoms with Crippen LogP contribution >= 0.6 is 11.8 Å². The van der Waals surface area contributed by atoms with E-state index in [0.29, 0.717) is 12.3 Å². The molecule has 3 rings (SSSR count). The number of benzene rings is 1. The Bertz CT molecular complexity index is 462. The van der Waals surface area contributed by atoms with Crippen molar-refractivity contribution in [2.75, 3.05) is 18.1 Å². The van der Waals surface area contributed by atoms with E-state index >= 15 is 0 Å². The highest BCUT2D eigenvalue weighted by Crippen LogP contribution is 2.41. The van der Waals surface area contributed by atoms with E-state index in [0.717, 1.165) is 37.2 Å². The van der Waals surface area contributed by atoms with E-state index in [2.05, 4.69) is 0 Å². The van der Waals surface area contributed by atoms with Crippen molar-refractivity contribution >= 4 is 11.8 Å². The molecule has 0 bridgehead atoms. The van der Waals surface area contributed by atoms with Crippen molar-refractivity contribution in [3.8, 4) is 0 Å². The zero-order valence-electron chi connectivity index (χ0n) is 11.7. The summed E-state index contributed by atoms with van der Waals surface area (Å²) in [6.07, 6.45) is 3.80. The summed E-state index contributed by atoms with van der Waals surface area (Å²) in [5, 5.41) is 0. The van der Waals surface area contributed by atoms with E-state index < -0.39 is 0 Å². The molecule has 2 heterocycles. The molecule has 1 aromatic carbocycles. The lowest BCUT2D eigenvalue weighted by atomic mass is 9.80. The van der Waals surface area contributed by atoms with E-state index in [-0.39, 0.29) is 17.5 Å². The summed E-state index contributed by atoms with van der Waals surface area (Å²) in [4.78, 5) is 0. The first-order valence-electron chi connectivity index (χ1n) is 7.39. The second-order valence-corrected chi connectivity index (χ2v) is 7.15. The molecule has 0 radical (unpaired) electrons. The molecule has 110 valence electrons. The van der Waals surface area contributed by atoms with Gasteiger partial charge in [-0.25, -0.2) is 4.39 Å². The second kappa shape index (κ2) is 6.04. The zero-order chi connectivity index (χ0) is 14.0. The summed E-state index contributed by atoms with van der Waals surface area (Å²) in [7, 11) is 0. The SMILES string of the molecule is NC(Cc1ccccc1F)C1CCOC2(CCSC2)C1. The Hall–Kier alpha value is -0.580. The Kier molecular flexibility index (Phi) is 4.34. The van der Waals surface area contributed by atoms with E-state index in [1.54, 1.807) is 6.07 Å². The van der Waals surface area contributed by atoms with Gasteiger partial charge in [0.1, 0.15) is 5.82 Å². The lowest BCUT2D eigenvalue weighted by Crippen LogP contribution is -2.46. The van der Waals surface area contributed by atoms with Crippen LogP contribution in [-0.2, 0) is 11.2 Å². The van der Waals surface area contributed by atoms with Gasteiger partial charge in [-0.2, -0.15) is 11.8 Å². The van der Waals surface area contributed by atoms with Crippen LogP contribution in [0.1, 0.15) is 24.8 Å². The molecule has 1 aromatic rings. The first-order chi connectivity index (χ1) is 9.69. The fraction of sp³-hybridized carbons (Fsp3) is 0.625. The highest BCUT2D eigenvalue weighted by molar-refractivity contribution is 7.99. The van der Waals surface area contributed by atoms with Gasteiger partial charge in [-0.3, -0.25) is 0 Å². The third kappa shape index (κ3) is 3.02. The van der Waals surface area contributed by atoms with Crippen LogP contribution in [0.15, 0.2) is 24.3 Å². The van der Waals surface area contributed by atoms with Crippen molar-refractivity contribution < 1.29 is 9.13 Å². The van der Waals surface area contributed by atoms with Gasteiger partial charge in [0.2, 0.25) is 0 Å². The molecule has 3 unspecified atom stereocenters. The van der Waals surface area contributed by atoms with Crippen molar-refractivity contribution in [1.82, 2.24) is 0 Å². The Morgan fingerprint density at radius 2 is 2.30 bits per heavy atom. The molecule has 2 nitrogen and oxygen atoms in total. The molecule has 0 amide bonds. The number of halogens is 1. The Morgan fingerprint density at radius 3 is 3.05 bits per heavy atom. The number of rotatable bonds is 3. The lowest BCUT2D eigenvalue weighted by Gasteiger charge is -2.40. The molecule has 20 heavy (non-hydrogen) atoms. The molecule has 0 aliphatic carbocycles. The highest BCUT2D eigenvalue weighted by Gasteiger charge is 2.41. The molecular formula is C16H22FNOS. The van der Waals surface area contributed by atoms with E-state index in [4.69, 9.17) is 10.5 Å². The van der Waals surface area contributed by atoms with Gasteiger partial charge in [-0.15, -0.1) is 0 Å². The van der Waals surface area contributed by atoms with Crippen molar-refractivity contribution in [3.63, 3.8) is 0 Å². The molecule has 2 aliphatic rings. The van der Waals surface area contributed by atoms with Crippen LogP contribution in [0.5, 0.6) is 0 Å². The average Bonchev–Trinajstić information content (AvgIpc) is 2.89.